The molecule has 5 N–H and O–H groups in total. The van der Waals surface area contributed by atoms with Gasteiger partial charge in [0.05, 0.1) is 6.61 Å². The fourth-order valence-corrected chi connectivity index (χ4v) is 1.84. The zero-order valence-corrected chi connectivity index (χ0v) is 12.7. The van der Waals surface area contributed by atoms with Crippen molar-refractivity contribution >= 4 is 17.6 Å². The van der Waals surface area contributed by atoms with Crippen molar-refractivity contribution in [2.45, 2.75) is 6.04 Å². The highest BCUT2D eigenvalue weighted by molar-refractivity contribution is 5.96. The van der Waals surface area contributed by atoms with E-state index in [9.17, 15) is 9.59 Å². The predicted molar refractivity (Wildman–Crippen MR) is 89.3 cm³/mol. The smallest absolute Gasteiger partial charge is 0.328 e. The minimum absolute atomic E-state index is 0.285. The maximum atomic E-state index is 11.9. The van der Waals surface area contributed by atoms with Crippen LogP contribution in [0.4, 0.5) is 5.69 Å². The van der Waals surface area contributed by atoms with Gasteiger partial charge < -0.3 is 21.3 Å². The third-order valence-electron chi connectivity index (χ3n) is 3.19. The molecule has 0 saturated carbocycles. The van der Waals surface area contributed by atoms with Crippen LogP contribution >= 0.6 is 0 Å². The molecule has 0 saturated heterocycles. The first-order valence-electron chi connectivity index (χ1n) is 7.12. The van der Waals surface area contributed by atoms with E-state index in [4.69, 9.17) is 15.9 Å². The fourth-order valence-electron chi connectivity index (χ4n) is 1.84. The monoisotopic (exact) mass is 324 g/mol. The van der Waals surface area contributed by atoms with Gasteiger partial charge in [0.25, 0.3) is 5.91 Å². The van der Waals surface area contributed by atoms with Crippen molar-refractivity contribution in [3.63, 3.8) is 0 Å². The molecule has 1 amide bonds. The molecule has 24 heavy (non-hydrogen) atoms. The van der Waals surface area contributed by atoms with Gasteiger partial charge in [0.2, 0.25) is 0 Å². The number of hydrogen-bond donors (Lipinski definition) is 4. The number of carboxylic acids is 1. The molecule has 0 fully saturated rings. The number of anilines is 1. The topological polar surface area (TPSA) is 113 Å². The summed E-state index contributed by atoms with van der Waals surface area (Å²) in [7, 11) is 0. The molecule has 2 rings (SSSR count). The molecular weight excluding hydrogens is 308 g/mol. The van der Waals surface area contributed by atoms with Crippen LogP contribution in [-0.2, 0) is 4.79 Å². The van der Waals surface area contributed by atoms with Crippen LogP contribution < -0.4 is 11.1 Å². The Morgan fingerprint density at radius 1 is 1.00 bits per heavy atom. The minimum Gasteiger partial charge on any atom is -0.480 e. The van der Waals surface area contributed by atoms with Gasteiger partial charge in [0.15, 0.2) is 6.04 Å². The second-order valence-corrected chi connectivity index (χ2v) is 5.00. The fraction of sp³-hybridized carbons (Fsp3) is 0.111. The highest BCUT2D eigenvalue weighted by Gasteiger charge is 2.19. The summed E-state index contributed by atoms with van der Waals surface area (Å²) >= 11 is 0. The Balaban J connectivity index is 2.06. The highest BCUT2D eigenvalue weighted by atomic mass is 16.4. The summed E-state index contributed by atoms with van der Waals surface area (Å²) in [5.41, 5.74) is 8.08. The molecule has 0 heterocycles. The summed E-state index contributed by atoms with van der Waals surface area (Å²) in [4.78, 5) is 22.7. The normalized spacial score (nSPS) is 11.0. The van der Waals surface area contributed by atoms with Crippen LogP contribution in [0.2, 0.25) is 0 Å². The maximum Gasteiger partial charge on any atom is 0.328 e. The van der Waals surface area contributed by atoms with Crippen LogP contribution in [0, 0.1) is 11.8 Å². The molecular formula is C18H16N2O4. The quantitative estimate of drug-likeness (QED) is 0.492. The lowest BCUT2D eigenvalue weighted by Crippen LogP contribution is -2.43. The van der Waals surface area contributed by atoms with Gasteiger partial charge in [0, 0.05) is 22.4 Å². The molecule has 2 aromatic rings. The van der Waals surface area contributed by atoms with Gasteiger partial charge in [-0.05, 0) is 48.5 Å². The summed E-state index contributed by atoms with van der Waals surface area (Å²) in [5, 5.41) is 19.9. The lowest BCUT2D eigenvalue weighted by molar-refractivity contribution is -0.140. The molecule has 0 bridgehead atoms. The lowest BCUT2D eigenvalue weighted by atomic mass is 10.1. The Kier molecular flexibility index (Phi) is 5.55. The Hall–Kier alpha value is -3.30. The SMILES string of the molecule is Nc1ccc(C#Cc2ccc(C(=O)NC(CO)C(=O)O)cc2)cc1. The number of nitrogens with one attached hydrogen (secondary N) is 1. The largest absolute Gasteiger partial charge is 0.480 e. The van der Waals surface area contributed by atoms with Crippen LogP contribution in [0.5, 0.6) is 0 Å². The van der Waals surface area contributed by atoms with E-state index in [1.807, 2.05) is 12.1 Å². The van der Waals surface area contributed by atoms with Crippen LogP contribution in [-0.4, -0.2) is 34.7 Å². The van der Waals surface area contributed by atoms with E-state index in [2.05, 4.69) is 17.2 Å². The summed E-state index contributed by atoms with van der Waals surface area (Å²) in [6.45, 7) is -0.674. The molecule has 0 aliphatic heterocycles. The number of benzene rings is 2. The first-order valence-corrected chi connectivity index (χ1v) is 7.12. The first kappa shape index (κ1) is 17.1. The van der Waals surface area contributed by atoms with Crippen LogP contribution in [0.15, 0.2) is 48.5 Å². The number of amides is 1. The predicted octanol–water partition coefficient (Wildman–Crippen LogP) is 0.844. The minimum atomic E-state index is -1.33. The summed E-state index contributed by atoms with van der Waals surface area (Å²) in [5.74, 6) is 4.07. The Bertz CT molecular complexity index is 787. The first-order chi connectivity index (χ1) is 11.5. The number of nitrogen functional groups attached to an aromatic ring is 1. The van der Waals surface area contributed by atoms with Gasteiger partial charge in [-0.3, -0.25) is 4.79 Å². The van der Waals surface area contributed by atoms with Gasteiger partial charge in [-0.2, -0.15) is 0 Å². The number of rotatable bonds is 4. The molecule has 2 aromatic carbocycles. The average molecular weight is 324 g/mol. The molecule has 1 unspecified atom stereocenters. The van der Waals surface area contributed by atoms with E-state index >= 15 is 0 Å². The number of aliphatic hydroxyl groups excluding tert-OH is 1. The van der Waals surface area contributed by atoms with Crippen molar-refractivity contribution in [3.8, 4) is 11.8 Å². The van der Waals surface area contributed by atoms with E-state index in [-0.39, 0.29) is 5.56 Å². The van der Waals surface area contributed by atoms with E-state index in [0.717, 1.165) is 5.56 Å². The molecule has 1 atom stereocenters. The Morgan fingerprint density at radius 2 is 1.50 bits per heavy atom. The van der Waals surface area contributed by atoms with Gasteiger partial charge in [-0.25, -0.2) is 4.79 Å². The summed E-state index contributed by atoms with van der Waals surface area (Å²) < 4.78 is 0. The molecule has 6 nitrogen and oxygen atoms in total. The standard InChI is InChI=1S/C18H16N2O4/c19-15-9-5-13(6-10-15)2-1-12-3-7-14(8-4-12)17(22)20-16(11-21)18(23)24/h3-10,16,21H,11,19H2,(H,20,22)(H,23,24). The van der Waals surface area contributed by atoms with Crippen molar-refractivity contribution in [1.82, 2.24) is 5.32 Å². The molecule has 6 heteroatoms. The molecule has 0 spiro atoms. The zero-order valence-electron chi connectivity index (χ0n) is 12.7. The summed E-state index contributed by atoms with van der Waals surface area (Å²) in [6.07, 6.45) is 0. The number of carboxylic acid groups (broad SMARTS) is 1. The summed E-state index contributed by atoms with van der Waals surface area (Å²) in [6, 6.07) is 12.2. The average Bonchev–Trinajstić information content (AvgIpc) is 2.59. The van der Waals surface area contributed by atoms with Gasteiger partial charge in [0.1, 0.15) is 0 Å². The van der Waals surface area contributed by atoms with E-state index in [1.165, 1.54) is 0 Å². The van der Waals surface area contributed by atoms with E-state index < -0.39 is 24.5 Å². The number of carbonyl (C=O) groups is 2. The molecule has 0 aliphatic rings. The van der Waals surface area contributed by atoms with Crippen LogP contribution in [0.3, 0.4) is 0 Å². The van der Waals surface area contributed by atoms with Crippen molar-refractivity contribution < 1.29 is 19.8 Å². The number of hydrogen-bond acceptors (Lipinski definition) is 4. The molecule has 122 valence electrons. The number of nitrogens with two attached hydrogens (primary N) is 1. The maximum absolute atomic E-state index is 11.9. The third-order valence-corrected chi connectivity index (χ3v) is 3.19. The Morgan fingerprint density at radius 3 is 1.96 bits per heavy atom. The highest BCUT2D eigenvalue weighted by Crippen LogP contribution is 2.06. The second-order valence-electron chi connectivity index (χ2n) is 5.00. The number of aliphatic hydroxyl groups is 1. The molecule has 0 aromatic heterocycles. The number of carbonyl (C=O) groups excluding carboxylic acids is 1. The molecule has 0 radical (unpaired) electrons. The van der Waals surface area contributed by atoms with Gasteiger partial charge >= 0.3 is 5.97 Å². The zero-order chi connectivity index (χ0) is 17.5. The van der Waals surface area contributed by atoms with E-state index in [0.29, 0.717) is 11.3 Å². The van der Waals surface area contributed by atoms with Gasteiger partial charge in [-0.1, -0.05) is 11.8 Å². The lowest BCUT2D eigenvalue weighted by Gasteiger charge is -2.11. The third kappa shape index (κ3) is 4.60. The van der Waals surface area contributed by atoms with Crippen molar-refractivity contribution in [2.24, 2.45) is 0 Å². The second kappa shape index (κ2) is 7.81. The van der Waals surface area contributed by atoms with Crippen molar-refractivity contribution in [3.05, 3.63) is 65.2 Å². The van der Waals surface area contributed by atoms with Crippen LogP contribution in [0.1, 0.15) is 21.5 Å². The van der Waals surface area contributed by atoms with Crippen molar-refractivity contribution in [1.29, 1.82) is 0 Å². The molecule has 0 aliphatic carbocycles. The van der Waals surface area contributed by atoms with E-state index in [1.54, 1.807) is 36.4 Å². The Labute approximate surface area is 138 Å². The van der Waals surface area contributed by atoms with Gasteiger partial charge in [-0.15, -0.1) is 0 Å². The number of aliphatic carboxylic acids is 1. The van der Waals surface area contributed by atoms with Crippen molar-refractivity contribution in [2.75, 3.05) is 12.3 Å². The van der Waals surface area contributed by atoms with Crippen LogP contribution in [0.25, 0.3) is 0 Å².